The third kappa shape index (κ3) is 3.93. The van der Waals surface area contributed by atoms with E-state index in [-0.39, 0.29) is 18.2 Å². The van der Waals surface area contributed by atoms with Crippen LogP contribution >= 0.6 is 0 Å². The number of carbonyl (C=O) groups excluding carboxylic acids is 2. The Morgan fingerprint density at radius 2 is 1.73 bits per heavy atom. The molecule has 1 aliphatic rings. The van der Waals surface area contributed by atoms with Crippen LogP contribution in [0.1, 0.15) is 26.7 Å². The number of hydrogen-bond donors (Lipinski definition) is 3. The largest absolute Gasteiger partial charge is 0.323 e. The predicted molar refractivity (Wildman–Crippen MR) is 97.6 cm³/mol. The minimum absolute atomic E-state index is 0.116. The van der Waals surface area contributed by atoms with Gasteiger partial charge in [-0.25, -0.2) is 0 Å². The van der Waals surface area contributed by atoms with Gasteiger partial charge in [0.05, 0.1) is 29.2 Å². The second kappa shape index (κ2) is 7.69. The third-order valence-corrected chi connectivity index (χ3v) is 4.68. The highest BCUT2D eigenvalue weighted by molar-refractivity contribution is 6.00. The molecule has 9 nitrogen and oxygen atoms in total. The van der Waals surface area contributed by atoms with Gasteiger partial charge in [-0.2, -0.15) is 10.2 Å². The summed E-state index contributed by atoms with van der Waals surface area (Å²) in [6.07, 6.45) is 7.52. The maximum atomic E-state index is 12.9. The number of rotatable bonds is 7. The summed E-state index contributed by atoms with van der Waals surface area (Å²) < 4.78 is 3.48. The topological polar surface area (TPSA) is 106 Å². The van der Waals surface area contributed by atoms with E-state index in [9.17, 15) is 9.59 Å². The summed E-state index contributed by atoms with van der Waals surface area (Å²) in [6, 6.07) is 0. The van der Waals surface area contributed by atoms with Crippen LogP contribution in [0.15, 0.2) is 24.8 Å². The Labute approximate surface area is 152 Å². The van der Waals surface area contributed by atoms with Crippen LogP contribution in [0.4, 0.5) is 11.4 Å². The lowest BCUT2D eigenvalue weighted by molar-refractivity contribution is -0.129. The number of amides is 2. The van der Waals surface area contributed by atoms with Crippen molar-refractivity contribution in [1.82, 2.24) is 24.9 Å². The van der Waals surface area contributed by atoms with Crippen molar-refractivity contribution in [3.8, 4) is 0 Å². The zero-order valence-corrected chi connectivity index (χ0v) is 15.2. The maximum Gasteiger partial charge on any atom is 0.232 e. The van der Waals surface area contributed by atoms with Gasteiger partial charge >= 0.3 is 0 Å². The van der Waals surface area contributed by atoms with E-state index in [4.69, 9.17) is 0 Å². The monoisotopic (exact) mass is 359 g/mol. The van der Waals surface area contributed by atoms with E-state index in [0.29, 0.717) is 30.9 Å². The molecule has 2 amide bonds. The van der Waals surface area contributed by atoms with Gasteiger partial charge in [0.1, 0.15) is 0 Å². The smallest absolute Gasteiger partial charge is 0.232 e. The molecule has 26 heavy (non-hydrogen) atoms. The Hall–Kier alpha value is -2.68. The molecule has 0 saturated carbocycles. The first-order chi connectivity index (χ1) is 12.5. The highest BCUT2D eigenvalue weighted by Gasteiger charge is 2.43. The van der Waals surface area contributed by atoms with Gasteiger partial charge in [0, 0.05) is 38.4 Å². The average Bonchev–Trinajstić information content (AvgIpc) is 3.36. The lowest BCUT2D eigenvalue weighted by Crippen LogP contribution is -2.41. The van der Waals surface area contributed by atoms with Crippen LogP contribution in [-0.4, -0.2) is 44.5 Å². The van der Waals surface area contributed by atoms with E-state index in [1.807, 2.05) is 13.8 Å². The molecule has 0 aromatic carbocycles. The van der Waals surface area contributed by atoms with Crippen molar-refractivity contribution in [3.63, 3.8) is 0 Å². The van der Waals surface area contributed by atoms with E-state index in [1.54, 1.807) is 34.2 Å². The van der Waals surface area contributed by atoms with E-state index < -0.39 is 5.41 Å². The molecule has 3 N–H and O–H groups in total. The minimum Gasteiger partial charge on any atom is -0.323 e. The lowest BCUT2D eigenvalue weighted by Gasteiger charge is -2.25. The summed E-state index contributed by atoms with van der Waals surface area (Å²) in [7, 11) is 0. The van der Waals surface area contributed by atoms with Crippen molar-refractivity contribution >= 4 is 23.2 Å². The fourth-order valence-corrected chi connectivity index (χ4v) is 3.15. The number of hydrogen-bond acceptors (Lipinski definition) is 5. The predicted octanol–water partition coefficient (Wildman–Crippen LogP) is 1.07. The van der Waals surface area contributed by atoms with Gasteiger partial charge in [0.25, 0.3) is 0 Å². The number of nitrogens with zero attached hydrogens (tertiary/aromatic N) is 4. The summed E-state index contributed by atoms with van der Waals surface area (Å²) in [5, 5.41) is 17.2. The first kappa shape index (κ1) is 18.1. The minimum atomic E-state index is -0.765. The molecule has 0 aliphatic carbocycles. The number of anilines is 2. The fourth-order valence-electron chi connectivity index (χ4n) is 3.15. The summed E-state index contributed by atoms with van der Waals surface area (Å²) in [6.45, 7) is 6.61. The number of carbonyl (C=O) groups is 2. The standard InChI is InChI=1S/C17H25N7O2/c1-3-23-10-13(8-19-23)21-15(25)7-17(5-6-18-12-17)16(26)22-14-9-20-24(4-2)11-14/h8-11,18H,3-7,12H2,1-2H3,(H,21,25)(H,22,26). The van der Waals surface area contributed by atoms with Crippen LogP contribution in [0.2, 0.25) is 0 Å². The summed E-state index contributed by atoms with van der Waals surface area (Å²) in [5.41, 5.74) is 0.523. The molecule has 1 saturated heterocycles. The van der Waals surface area contributed by atoms with Crippen LogP contribution < -0.4 is 16.0 Å². The number of aromatic nitrogens is 4. The van der Waals surface area contributed by atoms with Crippen LogP contribution in [0.3, 0.4) is 0 Å². The van der Waals surface area contributed by atoms with Crippen molar-refractivity contribution in [3.05, 3.63) is 24.8 Å². The van der Waals surface area contributed by atoms with Crippen LogP contribution in [0.5, 0.6) is 0 Å². The Morgan fingerprint density at radius 3 is 2.23 bits per heavy atom. The first-order valence-electron chi connectivity index (χ1n) is 8.91. The van der Waals surface area contributed by atoms with Gasteiger partial charge in [0.15, 0.2) is 0 Å². The Balaban J connectivity index is 1.66. The molecule has 2 aromatic heterocycles. The van der Waals surface area contributed by atoms with Crippen molar-refractivity contribution in [2.45, 2.75) is 39.8 Å². The summed E-state index contributed by atoms with van der Waals surface area (Å²) in [5.74, 6) is -0.346. The van der Waals surface area contributed by atoms with E-state index in [2.05, 4.69) is 26.1 Å². The van der Waals surface area contributed by atoms with E-state index in [0.717, 1.165) is 13.1 Å². The van der Waals surface area contributed by atoms with Crippen molar-refractivity contribution in [1.29, 1.82) is 0 Å². The molecular weight excluding hydrogens is 334 g/mol. The maximum absolute atomic E-state index is 12.9. The molecule has 1 unspecified atom stereocenters. The molecule has 140 valence electrons. The molecule has 3 rings (SSSR count). The van der Waals surface area contributed by atoms with Crippen molar-refractivity contribution < 1.29 is 9.59 Å². The molecule has 2 aromatic rings. The zero-order valence-electron chi connectivity index (χ0n) is 15.2. The van der Waals surface area contributed by atoms with Gasteiger partial charge in [-0.05, 0) is 26.8 Å². The molecule has 1 atom stereocenters. The van der Waals surface area contributed by atoms with Crippen LogP contribution in [0, 0.1) is 5.41 Å². The number of nitrogens with one attached hydrogen (secondary N) is 3. The van der Waals surface area contributed by atoms with Gasteiger partial charge in [-0.3, -0.25) is 19.0 Å². The lowest BCUT2D eigenvalue weighted by atomic mass is 9.82. The van der Waals surface area contributed by atoms with Gasteiger partial charge in [-0.15, -0.1) is 0 Å². The normalized spacial score (nSPS) is 19.5. The highest BCUT2D eigenvalue weighted by atomic mass is 16.2. The average molecular weight is 359 g/mol. The number of aryl methyl sites for hydroxylation is 2. The zero-order chi connectivity index (χ0) is 18.6. The van der Waals surface area contributed by atoms with Gasteiger partial charge in [0.2, 0.25) is 11.8 Å². The second-order valence-electron chi connectivity index (χ2n) is 6.56. The molecular formula is C17H25N7O2. The highest BCUT2D eigenvalue weighted by Crippen LogP contribution is 2.32. The fraction of sp³-hybridized carbons (Fsp3) is 0.529. The van der Waals surface area contributed by atoms with Gasteiger partial charge < -0.3 is 16.0 Å². The Kier molecular flexibility index (Phi) is 5.36. The van der Waals surface area contributed by atoms with Gasteiger partial charge in [-0.1, -0.05) is 0 Å². The van der Waals surface area contributed by atoms with Crippen LogP contribution in [-0.2, 0) is 22.7 Å². The van der Waals surface area contributed by atoms with E-state index in [1.165, 1.54) is 0 Å². The van der Waals surface area contributed by atoms with Crippen LogP contribution in [0.25, 0.3) is 0 Å². The molecule has 0 spiro atoms. The molecule has 1 fully saturated rings. The first-order valence-corrected chi connectivity index (χ1v) is 8.91. The summed E-state index contributed by atoms with van der Waals surface area (Å²) in [4.78, 5) is 25.4. The molecule has 0 bridgehead atoms. The Morgan fingerprint density at radius 1 is 1.12 bits per heavy atom. The molecule has 1 aliphatic heterocycles. The summed E-state index contributed by atoms with van der Waals surface area (Å²) >= 11 is 0. The third-order valence-electron chi connectivity index (χ3n) is 4.68. The second-order valence-corrected chi connectivity index (χ2v) is 6.56. The molecule has 3 heterocycles. The van der Waals surface area contributed by atoms with Crippen molar-refractivity contribution in [2.24, 2.45) is 5.41 Å². The quantitative estimate of drug-likeness (QED) is 0.686. The molecule has 0 radical (unpaired) electrons. The van der Waals surface area contributed by atoms with E-state index >= 15 is 0 Å². The Bertz CT molecular complexity index is 774. The van der Waals surface area contributed by atoms with Crippen molar-refractivity contribution in [2.75, 3.05) is 23.7 Å². The molecule has 9 heteroatoms. The SMILES string of the molecule is CCn1cc(NC(=O)CC2(C(=O)Nc3cnn(CC)c3)CCNC2)cn1.